The lowest BCUT2D eigenvalue weighted by Crippen LogP contribution is -2.25. The quantitative estimate of drug-likeness (QED) is 0.753. The van der Waals surface area contributed by atoms with Crippen molar-refractivity contribution in [1.29, 1.82) is 0 Å². The molecule has 0 fully saturated rings. The van der Waals surface area contributed by atoms with Crippen molar-refractivity contribution in [2.75, 3.05) is 6.54 Å². The Hall–Kier alpha value is -0.740. The Morgan fingerprint density at radius 3 is 2.69 bits per heavy atom. The van der Waals surface area contributed by atoms with Crippen LogP contribution in [0.3, 0.4) is 0 Å². The molecule has 1 heterocycles. The SMILES string of the molecule is Cc1cc(C(F)(F)CN)cnc1Cl. The summed E-state index contributed by atoms with van der Waals surface area (Å²) in [6.45, 7) is 0.890. The van der Waals surface area contributed by atoms with Gasteiger partial charge in [-0.3, -0.25) is 0 Å². The maximum absolute atomic E-state index is 13.0. The van der Waals surface area contributed by atoms with E-state index in [1.165, 1.54) is 6.07 Å². The van der Waals surface area contributed by atoms with Gasteiger partial charge in [-0.15, -0.1) is 0 Å². The predicted molar refractivity (Wildman–Crippen MR) is 46.9 cm³/mol. The molecule has 0 unspecified atom stereocenters. The molecular weight excluding hydrogens is 198 g/mol. The lowest BCUT2D eigenvalue weighted by molar-refractivity contribution is 0.00555. The second kappa shape index (κ2) is 3.55. The van der Waals surface area contributed by atoms with Crippen LogP contribution in [-0.4, -0.2) is 11.5 Å². The van der Waals surface area contributed by atoms with Crippen LogP contribution in [0.5, 0.6) is 0 Å². The van der Waals surface area contributed by atoms with Crippen LogP contribution in [-0.2, 0) is 5.92 Å². The number of nitrogens with two attached hydrogens (primary N) is 1. The third kappa shape index (κ3) is 2.14. The molecular formula is C8H9ClF2N2. The monoisotopic (exact) mass is 206 g/mol. The molecule has 0 amide bonds. The molecule has 1 aromatic rings. The van der Waals surface area contributed by atoms with Gasteiger partial charge < -0.3 is 5.73 Å². The molecule has 0 saturated heterocycles. The van der Waals surface area contributed by atoms with Gasteiger partial charge >= 0.3 is 0 Å². The van der Waals surface area contributed by atoms with E-state index in [4.69, 9.17) is 17.3 Å². The highest BCUT2D eigenvalue weighted by atomic mass is 35.5. The van der Waals surface area contributed by atoms with Crippen LogP contribution >= 0.6 is 11.6 Å². The molecule has 2 N–H and O–H groups in total. The molecule has 1 aromatic heterocycles. The first-order valence-electron chi connectivity index (χ1n) is 3.68. The van der Waals surface area contributed by atoms with Crippen LogP contribution in [0.25, 0.3) is 0 Å². The first-order valence-corrected chi connectivity index (χ1v) is 4.05. The summed E-state index contributed by atoms with van der Waals surface area (Å²) < 4.78 is 26.0. The smallest absolute Gasteiger partial charge is 0.286 e. The van der Waals surface area contributed by atoms with E-state index in [2.05, 4.69) is 4.98 Å². The summed E-state index contributed by atoms with van der Waals surface area (Å²) in [6.07, 6.45) is 1.04. The highest BCUT2D eigenvalue weighted by Crippen LogP contribution is 2.27. The number of halogens is 3. The molecule has 0 aliphatic heterocycles. The van der Waals surface area contributed by atoms with Gasteiger partial charge in [-0.2, -0.15) is 8.78 Å². The largest absolute Gasteiger partial charge is 0.325 e. The molecule has 0 radical (unpaired) electrons. The maximum Gasteiger partial charge on any atom is 0.286 e. The molecule has 0 aromatic carbocycles. The number of pyridine rings is 1. The minimum absolute atomic E-state index is 0.197. The van der Waals surface area contributed by atoms with E-state index in [1.54, 1.807) is 6.92 Å². The average molecular weight is 207 g/mol. The van der Waals surface area contributed by atoms with E-state index in [9.17, 15) is 8.78 Å². The lowest BCUT2D eigenvalue weighted by atomic mass is 10.1. The fraction of sp³-hybridized carbons (Fsp3) is 0.375. The Labute approximate surface area is 79.7 Å². The number of rotatable bonds is 2. The lowest BCUT2D eigenvalue weighted by Gasteiger charge is -2.14. The van der Waals surface area contributed by atoms with Gasteiger partial charge in [-0.25, -0.2) is 4.98 Å². The molecule has 5 heteroatoms. The summed E-state index contributed by atoms with van der Waals surface area (Å²) in [6, 6.07) is 1.29. The Bertz CT molecular complexity index is 315. The van der Waals surface area contributed by atoms with Crippen molar-refractivity contribution in [3.05, 3.63) is 28.5 Å². The molecule has 0 bridgehead atoms. The maximum atomic E-state index is 13.0. The predicted octanol–water partition coefficient (Wildman–Crippen LogP) is 2.09. The van der Waals surface area contributed by atoms with Crippen LogP contribution in [0.2, 0.25) is 5.15 Å². The van der Waals surface area contributed by atoms with Crippen molar-refractivity contribution in [2.45, 2.75) is 12.8 Å². The molecule has 0 aliphatic carbocycles. The number of hydrogen-bond acceptors (Lipinski definition) is 2. The zero-order chi connectivity index (χ0) is 10.1. The fourth-order valence-corrected chi connectivity index (χ4v) is 0.979. The van der Waals surface area contributed by atoms with Crippen LogP contribution in [0, 0.1) is 6.92 Å². The van der Waals surface area contributed by atoms with Crippen molar-refractivity contribution in [3.63, 3.8) is 0 Å². The minimum Gasteiger partial charge on any atom is -0.325 e. The van der Waals surface area contributed by atoms with Gasteiger partial charge in [-0.05, 0) is 18.6 Å². The van der Waals surface area contributed by atoms with Gasteiger partial charge in [0.25, 0.3) is 5.92 Å². The Morgan fingerprint density at radius 1 is 1.62 bits per heavy atom. The summed E-state index contributed by atoms with van der Waals surface area (Å²) in [5.41, 5.74) is 5.24. The zero-order valence-corrected chi connectivity index (χ0v) is 7.78. The first kappa shape index (κ1) is 10.3. The Morgan fingerprint density at radius 2 is 2.23 bits per heavy atom. The zero-order valence-electron chi connectivity index (χ0n) is 7.02. The number of aryl methyl sites for hydroxylation is 1. The normalized spacial score (nSPS) is 11.8. The van der Waals surface area contributed by atoms with Gasteiger partial charge in [0.1, 0.15) is 5.15 Å². The molecule has 1 rings (SSSR count). The van der Waals surface area contributed by atoms with Crippen LogP contribution in [0.4, 0.5) is 8.78 Å². The van der Waals surface area contributed by atoms with Crippen molar-refractivity contribution in [2.24, 2.45) is 5.73 Å². The van der Waals surface area contributed by atoms with Gasteiger partial charge in [0.15, 0.2) is 0 Å². The Balaban J connectivity index is 3.10. The average Bonchev–Trinajstić information content (AvgIpc) is 2.09. The van der Waals surface area contributed by atoms with Gasteiger partial charge in [0.2, 0.25) is 0 Å². The molecule has 72 valence electrons. The molecule has 0 saturated carbocycles. The summed E-state index contributed by atoms with van der Waals surface area (Å²) in [5.74, 6) is -3.03. The van der Waals surface area contributed by atoms with E-state index in [0.717, 1.165) is 6.20 Å². The number of alkyl halides is 2. The van der Waals surface area contributed by atoms with E-state index in [1.807, 2.05) is 0 Å². The van der Waals surface area contributed by atoms with Crippen molar-refractivity contribution in [3.8, 4) is 0 Å². The van der Waals surface area contributed by atoms with Crippen LogP contribution < -0.4 is 5.73 Å². The summed E-state index contributed by atoms with van der Waals surface area (Å²) in [5, 5.41) is 0.233. The summed E-state index contributed by atoms with van der Waals surface area (Å²) in [4.78, 5) is 3.62. The fourth-order valence-electron chi connectivity index (χ4n) is 0.876. The second-order valence-corrected chi connectivity index (χ2v) is 3.10. The van der Waals surface area contributed by atoms with E-state index in [-0.39, 0.29) is 10.7 Å². The van der Waals surface area contributed by atoms with Crippen LogP contribution in [0.1, 0.15) is 11.1 Å². The van der Waals surface area contributed by atoms with E-state index < -0.39 is 12.5 Å². The Kier molecular flexibility index (Phi) is 2.83. The third-order valence-corrected chi connectivity index (χ3v) is 2.09. The highest BCUT2D eigenvalue weighted by molar-refractivity contribution is 6.30. The minimum atomic E-state index is -3.03. The van der Waals surface area contributed by atoms with Gasteiger partial charge in [0.05, 0.1) is 6.54 Å². The van der Waals surface area contributed by atoms with E-state index in [0.29, 0.717) is 5.56 Å². The van der Waals surface area contributed by atoms with Crippen molar-refractivity contribution in [1.82, 2.24) is 4.98 Å². The number of nitrogens with zero attached hydrogens (tertiary/aromatic N) is 1. The molecule has 0 spiro atoms. The van der Waals surface area contributed by atoms with Crippen molar-refractivity contribution >= 4 is 11.6 Å². The number of aromatic nitrogens is 1. The third-order valence-electron chi connectivity index (χ3n) is 1.69. The van der Waals surface area contributed by atoms with Gasteiger partial charge in [-0.1, -0.05) is 11.6 Å². The molecule has 0 atom stereocenters. The molecule has 0 aliphatic rings. The van der Waals surface area contributed by atoms with Gasteiger partial charge in [0, 0.05) is 11.8 Å². The summed E-state index contributed by atoms with van der Waals surface area (Å²) >= 11 is 5.59. The molecule has 2 nitrogen and oxygen atoms in total. The highest BCUT2D eigenvalue weighted by Gasteiger charge is 2.30. The summed E-state index contributed by atoms with van der Waals surface area (Å²) in [7, 11) is 0. The van der Waals surface area contributed by atoms with Crippen LogP contribution in [0.15, 0.2) is 12.3 Å². The first-order chi connectivity index (χ1) is 5.97. The molecule has 13 heavy (non-hydrogen) atoms. The van der Waals surface area contributed by atoms with Crippen molar-refractivity contribution < 1.29 is 8.78 Å². The van der Waals surface area contributed by atoms with E-state index >= 15 is 0 Å². The number of hydrogen-bond donors (Lipinski definition) is 1. The standard InChI is InChI=1S/C8H9ClF2N2/c1-5-2-6(3-13-7(5)9)8(10,11)4-12/h2-3H,4,12H2,1H3. The second-order valence-electron chi connectivity index (χ2n) is 2.74. The topological polar surface area (TPSA) is 38.9 Å².